The minimum Gasteiger partial charge on any atom is -0.469 e. The summed E-state index contributed by atoms with van der Waals surface area (Å²) in [5.74, 6) is 1.04. The van der Waals surface area contributed by atoms with Crippen LogP contribution in [-0.2, 0) is 6.42 Å². The van der Waals surface area contributed by atoms with E-state index in [1.807, 2.05) is 42.5 Å². The van der Waals surface area contributed by atoms with Crippen molar-refractivity contribution in [2.75, 3.05) is 6.61 Å². The SMILES string of the molecule is OCC(Cc1ccco1)c1ccccc1. The molecule has 1 atom stereocenters. The Morgan fingerprint density at radius 1 is 1.07 bits per heavy atom. The number of hydrogen-bond acceptors (Lipinski definition) is 2. The number of aliphatic hydroxyl groups excluding tert-OH is 1. The Morgan fingerprint density at radius 3 is 2.47 bits per heavy atom. The van der Waals surface area contributed by atoms with E-state index in [0.29, 0.717) is 0 Å². The summed E-state index contributed by atoms with van der Waals surface area (Å²) in [4.78, 5) is 0. The van der Waals surface area contributed by atoms with Gasteiger partial charge in [-0.1, -0.05) is 30.3 Å². The van der Waals surface area contributed by atoms with Gasteiger partial charge < -0.3 is 9.52 Å². The molecule has 78 valence electrons. The molecule has 1 heterocycles. The van der Waals surface area contributed by atoms with Gasteiger partial charge >= 0.3 is 0 Å². The van der Waals surface area contributed by atoms with Gasteiger partial charge in [-0.3, -0.25) is 0 Å². The highest BCUT2D eigenvalue weighted by atomic mass is 16.3. The average Bonchev–Trinajstić information content (AvgIpc) is 2.80. The maximum atomic E-state index is 9.34. The Kier molecular flexibility index (Phi) is 3.20. The lowest BCUT2D eigenvalue weighted by Crippen LogP contribution is -2.06. The number of benzene rings is 1. The van der Waals surface area contributed by atoms with Gasteiger partial charge in [-0.05, 0) is 17.7 Å². The molecular formula is C13H14O2. The van der Waals surface area contributed by atoms with Crippen molar-refractivity contribution in [2.45, 2.75) is 12.3 Å². The van der Waals surface area contributed by atoms with Crippen LogP contribution in [0.1, 0.15) is 17.2 Å². The quantitative estimate of drug-likeness (QED) is 0.826. The lowest BCUT2D eigenvalue weighted by molar-refractivity contribution is 0.259. The Labute approximate surface area is 89.2 Å². The van der Waals surface area contributed by atoms with E-state index in [-0.39, 0.29) is 12.5 Å². The normalized spacial score (nSPS) is 12.6. The molecule has 0 spiro atoms. The monoisotopic (exact) mass is 202 g/mol. The molecule has 2 heteroatoms. The molecule has 0 amide bonds. The summed E-state index contributed by atoms with van der Waals surface area (Å²) in [6, 6.07) is 13.8. The van der Waals surface area contributed by atoms with Crippen molar-refractivity contribution in [1.29, 1.82) is 0 Å². The number of aliphatic hydroxyl groups is 1. The Morgan fingerprint density at radius 2 is 1.87 bits per heavy atom. The van der Waals surface area contributed by atoms with Crippen molar-refractivity contribution in [1.82, 2.24) is 0 Å². The van der Waals surface area contributed by atoms with Crippen molar-refractivity contribution in [3.8, 4) is 0 Å². The van der Waals surface area contributed by atoms with Crippen molar-refractivity contribution < 1.29 is 9.52 Å². The third-order valence-corrected chi connectivity index (χ3v) is 2.52. The molecule has 1 aromatic carbocycles. The predicted molar refractivity (Wildman–Crippen MR) is 58.7 cm³/mol. The number of rotatable bonds is 4. The third kappa shape index (κ3) is 2.48. The first-order chi connectivity index (χ1) is 7.40. The molecule has 15 heavy (non-hydrogen) atoms. The number of furan rings is 1. The molecule has 2 rings (SSSR count). The van der Waals surface area contributed by atoms with Crippen LogP contribution in [0.25, 0.3) is 0 Å². The topological polar surface area (TPSA) is 33.4 Å². The molecule has 0 fully saturated rings. The van der Waals surface area contributed by atoms with E-state index in [9.17, 15) is 5.11 Å². The molecule has 1 aromatic heterocycles. The lowest BCUT2D eigenvalue weighted by atomic mass is 9.96. The second-order valence-electron chi connectivity index (χ2n) is 3.57. The highest BCUT2D eigenvalue weighted by Crippen LogP contribution is 2.20. The van der Waals surface area contributed by atoms with Crippen molar-refractivity contribution >= 4 is 0 Å². The van der Waals surface area contributed by atoms with Gasteiger partial charge in [0.1, 0.15) is 5.76 Å². The van der Waals surface area contributed by atoms with E-state index >= 15 is 0 Å². The third-order valence-electron chi connectivity index (χ3n) is 2.52. The first-order valence-corrected chi connectivity index (χ1v) is 5.08. The van der Waals surface area contributed by atoms with Gasteiger partial charge in [0, 0.05) is 12.3 Å². The summed E-state index contributed by atoms with van der Waals surface area (Å²) >= 11 is 0. The molecule has 0 bridgehead atoms. The smallest absolute Gasteiger partial charge is 0.104 e. The van der Waals surface area contributed by atoms with E-state index in [0.717, 1.165) is 17.7 Å². The zero-order valence-electron chi connectivity index (χ0n) is 8.47. The average molecular weight is 202 g/mol. The minimum absolute atomic E-state index is 0.123. The fourth-order valence-electron chi connectivity index (χ4n) is 1.68. The van der Waals surface area contributed by atoms with Gasteiger partial charge in [-0.2, -0.15) is 0 Å². The fourth-order valence-corrected chi connectivity index (χ4v) is 1.68. The summed E-state index contributed by atoms with van der Waals surface area (Å²) in [7, 11) is 0. The maximum Gasteiger partial charge on any atom is 0.104 e. The standard InChI is InChI=1S/C13H14O2/c14-10-12(9-13-7-4-8-15-13)11-5-2-1-3-6-11/h1-8,12,14H,9-10H2. The largest absolute Gasteiger partial charge is 0.469 e. The second-order valence-corrected chi connectivity index (χ2v) is 3.57. The molecule has 2 aromatic rings. The van der Waals surface area contributed by atoms with Gasteiger partial charge in [-0.25, -0.2) is 0 Å². The van der Waals surface area contributed by atoms with Crippen LogP contribution >= 0.6 is 0 Å². The first-order valence-electron chi connectivity index (χ1n) is 5.08. The fraction of sp³-hybridized carbons (Fsp3) is 0.231. The van der Waals surface area contributed by atoms with Crippen LogP contribution in [0.15, 0.2) is 53.1 Å². The molecular weight excluding hydrogens is 188 g/mol. The van der Waals surface area contributed by atoms with Crippen LogP contribution in [0, 0.1) is 0 Å². The Balaban J connectivity index is 2.12. The van der Waals surface area contributed by atoms with Crippen LogP contribution in [-0.4, -0.2) is 11.7 Å². The summed E-state index contributed by atoms with van der Waals surface area (Å²) in [5, 5.41) is 9.34. The maximum absolute atomic E-state index is 9.34. The van der Waals surface area contributed by atoms with Gasteiger partial charge in [0.15, 0.2) is 0 Å². The van der Waals surface area contributed by atoms with E-state index in [2.05, 4.69) is 0 Å². The van der Waals surface area contributed by atoms with Crippen LogP contribution in [0.3, 0.4) is 0 Å². The van der Waals surface area contributed by atoms with Gasteiger partial charge in [0.2, 0.25) is 0 Å². The van der Waals surface area contributed by atoms with Gasteiger partial charge in [-0.15, -0.1) is 0 Å². The molecule has 0 saturated carbocycles. The first kappa shape index (κ1) is 9.99. The molecule has 0 aliphatic heterocycles. The lowest BCUT2D eigenvalue weighted by Gasteiger charge is -2.12. The van der Waals surface area contributed by atoms with Crippen LogP contribution in [0.4, 0.5) is 0 Å². The van der Waals surface area contributed by atoms with Crippen molar-refractivity contribution in [2.24, 2.45) is 0 Å². The van der Waals surface area contributed by atoms with Crippen LogP contribution < -0.4 is 0 Å². The summed E-state index contributed by atoms with van der Waals surface area (Å²) in [5.41, 5.74) is 1.15. The Hall–Kier alpha value is -1.54. The predicted octanol–water partition coefficient (Wildman–Crippen LogP) is 2.60. The van der Waals surface area contributed by atoms with E-state index in [1.54, 1.807) is 6.26 Å². The van der Waals surface area contributed by atoms with Crippen molar-refractivity contribution in [3.05, 3.63) is 60.1 Å². The van der Waals surface area contributed by atoms with Gasteiger partial charge in [0.05, 0.1) is 12.9 Å². The Bertz CT molecular complexity index is 378. The molecule has 0 aliphatic rings. The highest BCUT2D eigenvalue weighted by Gasteiger charge is 2.12. The summed E-state index contributed by atoms with van der Waals surface area (Å²) < 4.78 is 5.28. The zero-order chi connectivity index (χ0) is 10.5. The zero-order valence-corrected chi connectivity index (χ0v) is 8.47. The van der Waals surface area contributed by atoms with E-state index < -0.39 is 0 Å². The van der Waals surface area contributed by atoms with Crippen LogP contribution in [0.2, 0.25) is 0 Å². The second kappa shape index (κ2) is 4.80. The molecule has 0 radical (unpaired) electrons. The molecule has 0 saturated heterocycles. The highest BCUT2D eigenvalue weighted by molar-refractivity contribution is 5.21. The molecule has 2 nitrogen and oxygen atoms in total. The summed E-state index contributed by atoms with van der Waals surface area (Å²) in [6.07, 6.45) is 2.41. The van der Waals surface area contributed by atoms with E-state index in [1.165, 1.54) is 0 Å². The summed E-state index contributed by atoms with van der Waals surface area (Å²) in [6.45, 7) is 0.144. The van der Waals surface area contributed by atoms with Gasteiger partial charge in [0.25, 0.3) is 0 Å². The molecule has 1 N–H and O–H groups in total. The minimum atomic E-state index is 0.123. The molecule has 0 aliphatic carbocycles. The molecule has 1 unspecified atom stereocenters. The number of hydrogen-bond donors (Lipinski definition) is 1. The van der Waals surface area contributed by atoms with Crippen LogP contribution in [0.5, 0.6) is 0 Å². The van der Waals surface area contributed by atoms with Crippen molar-refractivity contribution in [3.63, 3.8) is 0 Å². The van der Waals surface area contributed by atoms with E-state index in [4.69, 9.17) is 4.42 Å².